The van der Waals surface area contributed by atoms with E-state index in [0.29, 0.717) is 6.04 Å². The number of rotatable bonds is 3. The molecule has 14 heavy (non-hydrogen) atoms. The van der Waals surface area contributed by atoms with Gasteiger partial charge in [0.1, 0.15) is 0 Å². The molecule has 0 spiro atoms. The largest absolute Gasteiger partial charge is 0.380 e. The van der Waals surface area contributed by atoms with E-state index in [-0.39, 0.29) is 0 Å². The average molecular weight is 191 g/mol. The molecule has 1 aromatic rings. The van der Waals surface area contributed by atoms with E-state index < -0.39 is 0 Å². The van der Waals surface area contributed by atoms with Crippen LogP contribution in [0.25, 0.3) is 0 Å². The maximum absolute atomic E-state index is 4.08. The Morgan fingerprint density at radius 1 is 1.50 bits per heavy atom. The normalized spacial score (nSPS) is 19.4. The highest BCUT2D eigenvalue weighted by molar-refractivity contribution is 5.69. The smallest absolute Gasteiger partial charge is 0.0763 e. The molecular formula is C11H17N3. The second kappa shape index (κ2) is 4.31. The standard InChI is InChI=1S/C11H17N3/c1-2-3-4-9-7-13-11-8-12-6-5-10(11)14-9/h5-6,8-9,13-14H,2-4,7H2,1H3. The Morgan fingerprint density at radius 3 is 3.29 bits per heavy atom. The fourth-order valence-corrected chi connectivity index (χ4v) is 1.79. The fourth-order valence-electron chi connectivity index (χ4n) is 1.79. The van der Waals surface area contributed by atoms with Crippen molar-refractivity contribution in [3.05, 3.63) is 18.5 Å². The summed E-state index contributed by atoms with van der Waals surface area (Å²) in [4.78, 5) is 4.08. The lowest BCUT2D eigenvalue weighted by atomic mass is 10.1. The van der Waals surface area contributed by atoms with Crippen LogP contribution in [0.5, 0.6) is 0 Å². The minimum absolute atomic E-state index is 0.574. The number of fused-ring (bicyclic) bond motifs is 1. The van der Waals surface area contributed by atoms with Crippen LogP contribution in [0.1, 0.15) is 26.2 Å². The van der Waals surface area contributed by atoms with Crippen molar-refractivity contribution in [1.29, 1.82) is 0 Å². The molecule has 0 aromatic carbocycles. The van der Waals surface area contributed by atoms with E-state index in [2.05, 4.69) is 22.5 Å². The van der Waals surface area contributed by atoms with Crippen LogP contribution in [0, 0.1) is 0 Å². The van der Waals surface area contributed by atoms with Gasteiger partial charge in [-0.2, -0.15) is 0 Å². The van der Waals surface area contributed by atoms with Crippen LogP contribution >= 0.6 is 0 Å². The fraction of sp³-hybridized carbons (Fsp3) is 0.545. The van der Waals surface area contributed by atoms with E-state index in [1.165, 1.54) is 24.9 Å². The number of nitrogens with zero attached hydrogens (tertiary/aromatic N) is 1. The van der Waals surface area contributed by atoms with Crippen LogP contribution < -0.4 is 10.6 Å². The van der Waals surface area contributed by atoms with Gasteiger partial charge in [-0.15, -0.1) is 0 Å². The minimum Gasteiger partial charge on any atom is -0.380 e. The molecule has 1 aromatic heterocycles. The summed E-state index contributed by atoms with van der Waals surface area (Å²) < 4.78 is 0. The molecule has 0 radical (unpaired) electrons. The molecule has 2 heterocycles. The molecule has 1 atom stereocenters. The molecule has 2 rings (SSSR count). The Balaban J connectivity index is 1.99. The number of nitrogens with one attached hydrogen (secondary N) is 2. The number of anilines is 2. The SMILES string of the molecule is CCCCC1CNc2cnccc2N1. The van der Waals surface area contributed by atoms with E-state index in [9.17, 15) is 0 Å². The molecule has 1 aliphatic rings. The first-order valence-corrected chi connectivity index (χ1v) is 5.34. The van der Waals surface area contributed by atoms with Gasteiger partial charge in [-0.3, -0.25) is 4.98 Å². The van der Waals surface area contributed by atoms with Crippen molar-refractivity contribution in [1.82, 2.24) is 4.98 Å². The van der Waals surface area contributed by atoms with Crippen LogP contribution in [0.15, 0.2) is 18.5 Å². The summed E-state index contributed by atoms with van der Waals surface area (Å²) in [6.07, 6.45) is 7.50. The van der Waals surface area contributed by atoms with Crippen molar-refractivity contribution in [2.75, 3.05) is 17.2 Å². The Labute approximate surface area is 84.9 Å². The summed E-state index contributed by atoms with van der Waals surface area (Å²) in [7, 11) is 0. The van der Waals surface area contributed by atoms with Crippen molar-refractivity contribution in [2.24, 2.45) is 0 Å². The zero-order valence-electron chi connectivity index (χ0n) is 8.59. The maximum atomic E-state index is 4.08. The van der Waals surface area contributed by atoms with Gasteiger partial charge in [-0.1, -0.05) is 19.8 Å². The van der Waals surface area contributed by atoms with Crippen LogP contribution in [0.3, 0.4) is 0 Å². The van der Waals surface area contributed by atoms with Crippen molar-refractivity contribution < 1.29 is 0 Å². The molecule has 0 amide bonds. The number of unbranched alkanes of at least 4 members (excludes halogenated alkanes) is 1. The topological polar surface area (TPSA) is 37.0 Å². The lowest BCUT2D eigenvalue weighted by Gasteiger charge is -2.27. The molecule has 0 saturated carbocycles. The van der Waals surface area contributed by atoms with E-state index in [4.69, 9.17) is 0 Å². The van der Waals surface area contributed by atoms with Crippen LogP contribution in [-0.2, 0) is 0 Å². The molecule has 0 fully saturated rings. The van der Waals surface area contributed by atoms with Crippen molar-refractivity contribution in [3.8, 4) is 0 Å². The molecule has 0 bridgehead atoms. The molecule has 76 valence electrons. The van der Waals surface area contributed by atoms with Gasteiger partial charge in [-0.05, 0) is 12.5 Å². The van der Waals surface area contributed by atoms with Crippen molar-refractivity contribution in [3.63, 3.8) is 0 Å². The summed E-state index contributed by atoms with van der Waals surface area (Å²) in [6, 6.07) is 2.60. The predicted molar refractivity (Wildman–Crippen MR) is 59.7 cm³/mol. The average Bonchev–Trinajstić information content (AvgIpc) is 2.26. The van der Waals surface area contributed by atoms with Gasteiger partial charge in [0, 0.05) is 18.8 Å². The van der Waals surface area contributed by atoms with Crippen LogP contribution in [0.2, 0.25) is 0 Å². The Morgan fingerprint density at radius 2 is 2.43 bits per heavy atom. The van der Waals surface area contributed by atoms with Gasteiger partial charge < -0.3 is 10.6 Å². The lowest BCUT2D eigenvalue weighted by Crippen LogP contribution is -2.32. The van der Waals surface area contributed by atoms with Crippen LogP contribution in [0.4, 0.5) is 11.4 Å². The van der Waals surface area contributed by atoms with E-state index in [1.807, 2.05) is 18.5 Å². The minimum atomic E-state index is 0.574. The molecule has 3 nitrogen and oxygen atoms in total. The molecule has 0 aliphatic carbocycles. The van der Waals surface area contributed by atoms with Crippen LogP contribution in [-0.4, -0.2) is 17.6 Å². The number of hydrogen-bond acceptors (Lipinski definition) is 3. The summed E-state index contributed by atoms with van der Waals surface area (Å²) >= 11 is 0. The quantitative estimate of drug-likeness (QED) is 0.770. The first kappa shape index (κ1) is 9.31. The maximum Gasteiger partial charge on any atom is 0.0763 e. The van der Waals surface area contributed by atoms with Crippen molar-refractivity contribution >= 4 is 11.4 Å². The number of aromatic nitrogens is 1. The molecule has 1 unspecified atom stereocenters. The van der Waals surface area contributed by atoms with Gasteiger partial charge in [-0.25, -0.2) is 0 Å². The summed E-state index contributed by atoms with van der Waals surface area (Å²) in [5, 5.41) is 6.93. The second-order valence-corrected chi connectivity index (χ2v) is 3.79. The zero-order chi connectivity index (χ0) is 9.80. The summed E-state index contributed by atoms with van der Waals surface area (Å²) in [5.41, 5.74) is 2.31. The first-order valence-electron chi connectivity index (χ1n) is 5.34. The zero-order valence-corrected chi connectivity index (χ0v) is 8.59. The molecular weight excluding hydrogens is 174 g/mol. The van der Waals surface area contributed by atoms with Gasteiger partial charge in [0.05, 0.1) is 17.6 Å². The van der Waals surface area contributed by atoms with E-state index >= 15 is 0 Å². The van der Waals surface area contributed by atoms with Gasteiger partial charge in [0.25, 0.3) is 0 Å². The molecule has 3 heteroatoms. The molecule has 1 aliphatic heterocycles. The second-order valence-electron chi connectivity index (χ2n) is 3.79. The van der Waals surface area contributed by atoms with Gasteiger partial charge >= 0.3 is 0 Å². The predicted octanol–water partition coefficient (Wildman–Crippen LogP) is 2.48. The molecule has 2 N–H and O–H groups in total. The summed E-state index contributed by atoms with van der Waals surface area (Å²) in [6.45, 7) is 3.24. The third-order valence-electron chi connectivity index (χ3n) is 2.63. The van der Waals surface area contributed by atoms with Gasteiger partial charge in [0.15, 0.2) is 0 Å². The highest BCUT2D eigenvalue weighted by Crippen LogP contribution is 2.25. The Hall–Kier alpha value is -1.25. The highest BCUT2D eigenvalue weighted by Gasteiger charge is 2.15. The van der Waals surface area contributed by atoms with Gasteiger partial charge in [0.2, 0.25) is 0 Å². The monoisotopic (exact) mass is 191 g/mol. The van der Waals surface area contributed by atoms with E-state index in [1.54, 1.807) is 0 Å². The summed E-state index contributed by atoms with van der Waals surface area (Å²) in [5.74, 6) is 0. The lowest BCUT2D eigenvalue weighted by molar-refractivity contribution is 0.619. The Kier molecular flexibility index (Phi) is 2.87. The third kappa shape index (κ3) is 1.97. The van der Waals surface area contributed by atoms with Crippen molar-refractivity contribution in [2.45, 2.75) is 32.2 Å². The first-order chi connectivity index (χ1) is 6.90. The number of hydrogen-bond donors (Lipinski definition) is 2. The third-order valence-corrected chi connectivity index (χ3v) is 2.63. The Bertz CT molecular complexity index is 298. The van der Waals surface area contributed by atoms with E-state index in [0.717, 1.165) is 12.2 Å². The number of pyridine rings is 1. The molecule has 0 saturated heterocycles. The highest BCUT2D eigenvalue weighted by atomic mass is 15.1.